The summed E-state index contributed by atoms with van der Waals surface area (Å²) < 4.78 is 0. The molecule has 8 heteroatoms. The van der Waals surface area contributed by atoms with E-state index in [0.717, 1.165) is 0 Å². The molecule has 0 radical (unpaired) electrons. The lowest BCUT2D eigenvalue weighted by Crippen LogP contribution is -2.46. The first kappa shape index (κ1) is 14.9. The van der Waals surface area contributed by atoms with Crippen LogP contribution in [-0.2, 0) is 19.2 Å². The second-order valence-electron chi connectivity index (χ2n) is 4.38. The molecule has 0 aliphatic carbocycles. The molecule has 0 bridgehead atoms. The minimum atomic E-state index is -1.23. The third kappa shape index (κ3) is 4.94. The normalized spacial score (nSPS) is 16.2. The Morgan fingerprint density at radius 1 is 1.42 bits per heavy atom. The number of aliphatic carboxylic acids is 1. The van der Waals surface area contributed by atoms with E-state index in [-0.39, 0.29) is 25.3 Å². The van der Waals surface area contributed by atoms with Gasteiger partial charge in [-0.1, -0.05) is 0 Å². The van der Waals surface area contributed by atoms with Crippen LogP contribution in [0, 0.1) is 0 Å². The van der Waals surface area contributed by atoms with E-state index >= 15 is 0 Å². The van der Waals surface area contributed by atoms with Crippen LogP contribution in [0.2, 0.25) is 0 Å². The molecule has 0 aromatic rings. The highest BCUT2D eigenvalue weighted by Gasteiger charge is 2.25. The van der Waals surface area contributed by atoms with Crippen molar-refractivity contribution >= 4 is 23.7 Å². The lowest BCUT2D eigenvalue weighted by atomic mass is 10.1. The fourth-order valence-electron chi connectivity index (χ4n) is 1.83. The molecule has 0 saturated carbocycles. The Morgan fingerprint density at radius 2 is 2.11 bits per heavy atom. The zero-order chi connectivity index (χ0) is 14.4. The molecular weight excluding hydrogens is 254 g/mol. The van der Waals surface area contributed by atoms with Crippen molar-refractivity contribution in [2.45, 2.75) is 31.7 Å². The average Bonchev–Trinajstić information content (AvgIpc) is 2.69. The highest BCUT2D eigenvalue weighted by molar-refractivity contribution is 5.88. The fraction of sp³-hybridized carbons (Fsp3) is 0.636. The summed E-state index contributed by atoms with van der Waals surface area (Å²) in [5, 5.41) is 11.2. The maximum absolute atomic E-state index is 11.6. The van der Waals surface area contributed by atoms with Crippen molar-refractivity contribution in [3.05, 3.63) is 0 Å². The monoisotopic (exact) mass is 271 g/mol. The summed E-state index contributed by atoms with van der Waals surface area (Å²) >= 11 is 0. The van der Waals surface area contributed by atoms with Crippen LogP contribution in [0.5, 0.6) is 0 Å². The number of amides is 3. The van der Waals surface area contributed by atoms with Gasteiger partial charge in [-0.05, 0) is 12.8 Å². The highest BCUT2D eigenvalue weighted by atomic mass is 16.4. The van der Waals surface area contributed by atoms with Crippen molar-refractivity contribution in [2.24, 2.45) is 5.73 Å². The molecule has 1 heterocycles. The molecule has 8 nitrogen and oxygen atoms in total. The molecule has 0 aromatic carbocycles. The fourth-order valence-corrected chi connectivity index (χ4v) is 1.83. The SMILES string of the molecule is NC(=O)CC[C@@H](NC(=O)CN1CCCC1=O)C(=O)O. The number of nitrogens with one attached hydrogen (secondary N) is 1. The first-order valence-electron chi connectivity index (χ1n) is 5.98. The lowest BCUT2D eigenvalue weighted by molar-refractivity contribution is -0.142. The van der Waals surface area contributed by atoms with Gasteiger partial charge in [0, 0.05) is 19.4 Å². The van der Waals surface area contributed by atoms with Gasteiger partial charge < -0.3 is 21.1 Å². The number of hydrogen-bond acceptors (Lipinski definition) is 4. The predicted molar refractivity (Wildman–Crippen MR) is 63.8 cm³/mol. The van der Waals surface area contributed by atoms with Gasteiger partial charge in [0.25, 0.3) is 0 Å². The summed E-state index contributed by atoms with van der Waals surface area (Å²) in [6.45, 7) is 0.352. The summed E-state index contributed by atoms with van der Waals surface area (Å²) in [5.41, 5.74) is 4.92. The summed E-state index contributed by atoms with van der Waals surface area (Å²) in [6, 6.07) is -1.17. The quantitative estimate of drug-likeness (QED) is 0.515. The van der Waals surface area contributed by atoms with Crippen LogP contribution in [0.15, 0.2) is 0 Å². The van der Waals surface area contributed by atoms with Crippen LogP contribution >= 0.6 is 0 Å². The number of rotatable bonds is 7. The summed E-state index contributed by atoms with van der Waals surface area (Å²) in [5.74, 6) is -2.52. The Labute approximate surface area is 109 Å². The number of likely N-dealkylation sites (tertiary alicyclic amines) is 1. The molecule has 0 unspecified atom stereocenters. The topological polar surface area (TPSA) is 130 Å². The van der Waals surface area contributed by atoms with Crippen molar-refractivity contribution in [2.75, 3.05) is 13.1 Å². The van der Waals surface area contributed by atoms with E-state index in [1.54, 1.807) is 0 Å². The van der Waals surface area contributed by atoms with Gasteiger partial charge >= 0.3 is 5.97 Å². The molecule has 19 heavy (non-hydrogen) atoms. The number of primary amides is 1. The van der Waals surface area contributed by atoms with Gasteiger partial charge in [0.15, 0.2) is 0 Å². The van der Waals surface area contributed by atoms with Crippen molar-refractivity contribution in [3.8, 4) is 0 Å². The average molecular weight is 271 g/mol. The first-order chi connectivity index (χ1) is 8.90. The van der Waals surface area contributed by atoms with Crippen LogP contribution in [0.4, 0.5) is 0 Å². The second-order valence-corrected chi connectivity index (χ2v) is 4.38. The van der Waals surface area contributed by atoms with E-state index < -0.39 is 23.8 Å². The first-order valence-corrected chi connectivity index (χ1v) is 5.98. The molecule has 1 aliphatic rings. The van der Waals surface area contributed by atoms with Gasteiger partial charge in [-0.3, -0.25) is 14.4 Å². The number of carbonyl (C=O) groups excluding carboxylic acids is 3. The van der Waals surface area contributed by atoms with E-state index in [2.05, 4.69) is 5.32 Å². The maximum atomic E-state index is 11.6. The molecule has 1 atom stereocenters. The summed E-state index contributed by atoms with van der Waals surface area (Å²) in [7, 11) is 0. The Balaban J connectivity index is 2.44. The van der Waals surface area contributed by atoms with Crippen molar-refractivity contribution in [3.63, 3.8) is 0 Å². The van der Waals surface area contributed by atoms with Crippen LogP contribution in [0.3, 0.4) is 0 Å². The number of carboxylic acid groups (broad SMARTS) is 1. The van der Waals surface area contributed by atoms with Gasteiger partial charge in [0.05, 0.1) is 6.54 Å². The third-order valence-corrected chi connectivity index (χ3v) is 2.82. The van der Waals surface area contributed by atoms with E-state index in [1.165, 1.54) is 4.90 Å². The molecule has 106 valence electrons. The molecule has 0 aromatic heterocycles. The Kier molecular flexibility index (Phi) is 5.28. The zero-order valence-corrected chi connectivity index (χ0v) is 10.4. The standard InChI is InChI=1S/C11H17N3O5/c12-8(15)4-3-7(11(18)19)13-9(16)6-14-5-1-2-10(14)17/h7H,1-6H2,(H2,12,15)(H,13,16)(H,18,19)/t7-/m1/s1. The van der Waals surface area contributed by atoms with Crippen molar-refractivity contribution in [1.82, 2.24) is 10.2 Å². The smallest absolute Gasteiger partial charge is 0.326 e. The molecule has 0 spiro atoms. The van der Waals surface area contributed by atoms with Gasteiger partial charge in [-0.2, -0.15) is 0 Å². The van der Waals surface area contributed by atoms with E-state index in [1.807, 2.05) is 0 Å². The van der Waals surface area contributed by atoms with Gasteiger partial charge in [0.2, 0.25) is 17.7 Å². The Bertz CT molecular complexity index is 396. The summed E-state index contributed by atoms with van der Waals surface area (Å²) in [6.07, 6.45) is 0.928. The van der Waals surface area contributed by atoms with E-state index in [0.29, 0.717) is 19.4 Å². The van der Waals surface area contributed by atoms with E-state index in [9.17, 15) is 19.2 Å². The van der Waals surface area contributed by atoms with E-state index in [4.69, 9.17) is 10.8 Å². The molecule has 1 rings (SSSR count). The van der Waals surface area contributed by atoms with Crippen LogP contribution in [0.25, 0.3) is 0 Å². The molecule has 4 N–H and O–H groups in total. The molecule has 1 aliphatic heterocycles. The number of nitrogens with zero attached hydrogens (tertiary/aromatic N) is 1. The summed E-state index contributed by atoms with van der Waals surface area (Å²) in [4.78, 5) is 45.8. The van der Waals surface area contributed by atoms with Crippen LogP contribution in [-0.4, -0.2) is 52.8 Å². The second kappa shape index (κ2) is 6.72. The van der Waals surface area contributed by atoms with Crippen molar-refractivity contribution in [1.29, 1.82) is 0 Å². The molecule has 1 fully saturated rings. The Hall–Kier alpha value is -2.12. The number of carboxylic acids is 1. The lowest BCUT2D eigenvalue weighted by Gasteiger charge is -2.18. The Morgan fingerprint density at radius 3 is 2.58 bits per heavy atom. The molecule has 1 saturated heterocycles. The van der Waals surface area contributed by atoms with Gasteiger partial charge in [0.1, 0.15) is 6.04 Å². The maximum Gasteiger partial charge on any atom is 0.326 e. The third-order valence-electron chi connectivity index (χ3n) is 2.82. The molecule has 3 amide bonds. The van der Waals surface area contributed by atoms with Crippen LogP contribution in [0.1, 0.15) is 25.7 Å². The number of nitrogens with two attached hydrogens (primary N) is 1. The predicted octanol–water partition coefficient (Wildman–Crippen LogP) is -1.56. The van der Waals surface area contributed by atoms with Gasteiger partial charge in [-0.25, -0.2) is 4.79 Å². The van der Waals surface area contributed by atoms with Crippen LogP contribution < -0.4 is 11.1 Å². The highest BCUT2D eigenvalue weighted by Crippen LogP contribution is 2.08. The number of hydrogen-bond donors (Lipinski definition) is 3. The zero-order valence-electron chi connectivity index (χ0n) is 10.4. The molecular formula is C11H17N3O5. The van der Waals surface area contributed by atoms with Crippen molar-refractivity contribution < 1.29 is 24.3 Å². The largest absolute Gasteiger partial charge is 0.480 e. The number of carbonyl (C=O) groups is 4. The van der Waals surface area contributed by atoms with Gasteiger partial charge in [-0.15, -0.1) is 0 Å². The minimum absolute atomic E-state index is 0.0651. The minimum Gasteiger partial charge on any atom is -0.480 e.